The van der Waals surface area contributed by atoms with Gasteiger partial charge in [0.1, 0.15) is 6.10 Å². The van der Waals surface area contributed by atoms with E-state index < -0.39 is 12.2 Å². The fourth-order valence-corrected chi connectivity index (χ4v) is 1.42. The lowest BCUT2D eigenvalue weighted by Gasteiger charge is -2.32. The number of hydrogen-bond acceptors (Lipinski definition) is 4. The van der Waals surface area contributed by atoms with Gasteiger partial charge in [-0.05, 0) is 6.42 Å². The molecule has 0 spiro atoms. The molecule has 1 amide bonds. The van der Waals surface area contributed by atoms with Crippen LogP contribution < -0.4 is 5.32 Å². The lowest BCUT2D eigenvalue weighted by atomic mass is 10.0. The van der Waals surface area contributed by atoms with E-state index in [0.29, 0.717) is 13.0 Å². The smallest absolute Gasteiger partial charge is 0.217 e. The van der Waals surface area contributed by atoms with Crippen LogP contribution in [0.2, 0.25) is 0 Å². The number of aliphatic hydroxyl groups excluding tert-OH is 2. The van der Waals surface area contributed by atoms with Crippen LogP contribution in [0.1, 0.15) is 13.3 Å². The standard InChI is InChI=1S/C8H15NO4/c1-5(11)9-6-2-7(12)8(3-10)13-4-6/h6-8,10,12H,2-4H2,1H3,(H,9,11)/t6?,7-,8?/m0/s1. The van der Waals surface area contributed by atoms with E-state index in [1.165, 1.54) is 6.92 Å². The van der Waals surface area contributed by atoms with Gasteiger partial charge >= 0.3 is 0 Å². The maximum Gasteiger partial charge on any atom is 0.217 e. The third-order valence-electron chi connectivity index (χ3n) is 2.05. The molecule has 0 aromatic rings. The average Bonchev–Trinajstić information content (AvgIpc) is 2.03. The molecule has 3 atom stereocenters. The monoisotopic (exact) mass is 189 g/mol. The number of carbonyl (C=O) groups excluding carboxylic acids is 1. The van der Waals surface area contributed by atoms with E-state index in [4.69, 9.17) is 9.84 Å². The van der Waals surface area contributed by atoms with Crippen molar-refractivity contribution in [2.24, 2.45) is 0 Å². The molecule has 0 radical (unpaired) electrons. The van der Waals surface area contributed by atoms with Crippen LogP contribution in [-0.4, -0.2) is 47.6 Å². The van der Waals surface area contributed by atoms with Crippen LogP contribution in [0, 0.1) is 0 Å². The number of aliphatic hydroxyl groups is 2. The summed E-state index contributed by atoms with van der Waals surface area (Å²) in [5.74, 6) is -0.136. The summed E-state index contributed by atoms with van der Waals surface area (Å²) in [6.07, 6.45) is -0.772. The summed E-state index contributed by atoms with van der Waals surface area (Å²) in [5.41, 5.74) is 0. The predicted molar refractivity (Wildman–Crippen MR) is 45.1 cm³/mol. The molecule has 5 nitrogen and oxygen atoms in total. The van der Waals surface area contributed by atoms with Crippen molar-refractivity contribution in [3.8, 4) is 0 Å². The Morgan fingerprint density at radius 3 is 2.85 bits per heavy atom. The summed E-state index contributed by atoms with van der Waals surface area (Å²) in [7, 11) is 0. The van der Waals surface area contributed by atoms with Gasteiger partial charge in [-0.2, -0.15) is 0 Å². The lowest BCUT2D eigenvalue weighted by Crippen LogP contribution is -2.49. The highest BCUT2D eigenvalue weighted by Crippen LogP contribution is 2.13. The van der Waals surface area contributed by atoms with Gasteiger partial charge in [-0.25, -0.2) is 0 Å². The van der Waals surface area contributed by atoms with Gasteiger partial charge in [0, 0.05) is 6.92 Å². The van der Waals surface area contributed by atoms with Gasteiger partial charge in [0.25, 0.3) is 0 Å². The van der Waals surface area contributed by atoms with Crippen LogP contribution >= 0.6 is 0 Å². The van der Waals surface area contributed by atoms with E-state index in [1.807, 2.05) is 0 Å². The molecule has 0 aromatic heterocycles. The summed E-state index contributed by atoms with van der Waals surface area (Å²) >= 11 is 0. The Kier molecular flexibility index (Phi) is 3.65. The van der Waals surface area contributed by atoms with E-state index >= 15 is 0 Å². The first-order valence-electron chi connectivity index (χ1n) is 4.31. The van der Waals surface area contributed by atoms with Crippen molar-refractivity contribution >= 4 is 5.91 Å². The van der Waals surface area contributed by atoms with Crippen molar-refractivity contribution in [2.75, 3.05) is 13.2 Å². The van der Waals surface area contributed by atoms with Crippen molar-refractivity contribution in [1.29, 1.82) is 0 Å². The lowest BCUT2D eigenvalue weighted by molar-refractivity contribution is -0.127. The van der Waals surface area contributed by atoms with Gasteiger partial charge in [-0.1, -0.05) is 0 Å². The minimum atomic E-state index is -0.699. The molecule has 0 aliphatic carbocycles. The van der Waals surface area contributed by atoms with E-state index in [1.54, 1.807) is 0 Å². The Labute approximate surface area is 76.7 Å². The largest absolute Gasteiger partial charge is 0.394 e. The number of amides is 1. The number of rotatable bonds is 2. The van der Waals surface area contributed by atoms with Crippen molar-refractivity contribution in [3.05, 3.63) is 0 Å². The average molecular weight is 189 g/mol. The van der Waals surface area contributed by atoms with Crippen LogP contribution in [-0.2, 0) is 9.53 Å². The molecule has 1 aliphatic rings. The van der Waals surface area contributed by atoms with Gasteiger partial charge in [-0.15, -0.1) is 0 Å². The summed E-state index contributed by atoms with van der Waals surface area (Å²) in [6, 6.07) is -0.143. The minimum Gasteiger partial charge on any atom is -0.394 e. The topological polar surface area (TPSA) is 78.8 Å². The van der Waals surface area contributed by atoms with Crippen molar-refractivity contribution in [2.45, 2.75) is 31.6 Å². The zero-order valence-corrected chi connectivity index (χ0v) is 7.56. The minimum absolute atomic E-state index is 0.136. The highest BCUT2D eigenvalue weighted by atomic mass is 16.5. The first-order chi connectivity index (χ1) is 6.13. The summed E-state index contributed by atoms with van der Waals surface area (Å²) in [4.78, 5) is 10.7. The molecule has 3 N–H and O–H groups in total. The number of ether oxygens (including phenoxy) is 1. The Hall–Kier alpha value is -0.650. The fourth-order valence-electron chi connectivity index (χ4n) is 1.42. The maximum atomic E-state index is 10.7. The second-order valence-electron chi connectivity index (χ2n) is 3.25. The third-order valence-corrected chi connectivity index (χ3v) is 2.05. The molecule has 1 fully saturated rings. The molecule has 5 heteroatoms. The maximum absolute atomic E-state index is 10.7. The van der Waals surface area contributed by atoms with E-state index in [0.717, 1.165) is 0 Å². The Balaban J connectivity index is 2.36. The number of nitrogens with one attached hydrogen (secondary N) is 1. The molecule has 0 bridgehead atoms. The van der Waals surface area contributed by atoms with Crippen LogP contribution in [0.15, 0.2) is 0 Å². The zero-order chi connectivity index (χ0) is 9.84. The molecule has 1 heterocycles. The SMILES string of the molecule is CC(=O)NC1COC(CO)[C@@H](O)C1. The van der Waals surface area contributed by atoms with Gasteiger partial charge in [0.05, 0.1) is 25.4 Å². The van der Waals surface area contributed by atoms with Crippen LogP contribution in [0.3, 0.4) is 0 Å². The fraction of sp³-hybridized carbons (Fsp3) is 0.875. The Bertz CT molecular complexity index is 185. The van der Waals surface area contributed by atoms with E-state index in [2.05, 4.69) is 5.32 Å². The molecule has 0 aromatic carbocycles. The molecule has 76 valence electrons. The number of hydrogen-bond donors (Lipinski definition) is 3. The second-order valence-corrected chi connectivity index (χ2v) is 3.25. The van der Waals surface area contributed by atoms with Gasteiger partial charge < -0.3 is 20.3 Å². The molecule has 1 aliphatic heterocycles. The summed E-state index contributed by atoms with van der Waals surface area (Å²) in [5, 5.41) is 20.8. The van der Waals surface area contributed by atoms with Crippen molar-refractivity contribution < 1.29 is 19.7 Å². The predicted octanol–water partition coefficient (Wildman–Crippen LogP) is -1.37. The zero-order valence-electron chi connectivity index (χ0n) is 7.56. The van der Waals surface area contributed by atoms with Gasteiger partial charge in [0.2, 0.25) is 5.91 Å². The van der Waals surface area contributed by atoms with Crippen molar-refractivity contribution in [1.82, 2.24) is 5.32 Å². The van der Waals surface area contributed by atoms with Crippen LogP contribution in [0.5, 0.6) is 0 Å². The molecular formula is C8H15NO4. The van der Waals surface area contributed by atoms with Gasteiger partial charge in [0.15, 0.2) is 0 Å². The Morgan fingerprint density at radius 1 is 1.69 bits per heavy atom. The summed E-state index contributed by atoms with van der Waals surface area (Å²) < 4.78 is 5.14. The highest BCUT2D eigenvalue weighted by molar-refractivity contribution is 5.73. The highest BCUT2D eigenvalue weighted by Gasteiger charge is 2.29. The molecular weight excluding hydrogens is 174 g/mol. The Morgan fingerprint density at radius 2 is 2.38 bits per heavy atom. The van der Waals surface area contributed by atoms with Crippen molar-refractivity contribution in [3.63, 3.8) is 0 Å². The van der Waals surface area contributed by atoms with E-state index in [-0.39, 0.29) is 18.6 Å². The first-order valence-corrected chi connectivity index (χ1v) is 4.31. The molecule has 13 heavy (non-hydrogen) atoms. The third kappa shape index (κ3) is 2.95. The normalized spacial score (nSPS) is 34.2. The molecule has 2 unspecified atom stereocenters. The number of carbonyl (C=O) groups is 1. The van der Waals surface area contributed by atoms with Crippen LogP contribution in [0.25, 0.3) is 0 Å². The summed E-state index contributed by atoms with van der Waals surface area (Å²) in [6.45, 7) is 1.58. The quantitative estimate of drug-likeness (QED) is 0.501. The molecule has 1 rings (SSSR count). The van der Waals surface area contributed by atoms with Crippen LogP contribution in [0.4, 0.5) is 0 Å². The van der Waals surface area contributed by atoms with Gasteiger partial charge in [-0.3, -0.25) is 4.79 Å². The molecule has 0 saturated carbocycles. The molecule has 1 saturated heterocycles. The first kappa shape index (κ1) is 10.4. The van der Waals surface area contributed by atoms with E-state index in [9.17, 15) is 9.90 Å². The second kappa shape index (κ2) is 4.55.